The van der Waals surface area contributed by atoms with Gasteiger partial charge in [-0.05, 0) is 63.3 Å². The summed E-state index contributed by atoms with van der Waals surface area (Å²) in [7, 11) is 0. The molecule has 0 aliphatic carbocycles. The lowest BCUT2D eigenvalue weighted by molar-refractivity contribution is -0.127. The van der Waals surface area contributed by atoms with Crippen LogP contribution in [0.25, 0.3) is 6.08 Å². The SMILES string of the molecule is CC(C)(C)OC(=O)NCC(=O)NCC1CCN(C(=O)/C=C/c2ccc(Cl)cc2)CC1. The molecule has 0 radical (unpaired) electrons. The summed E-state index contributed by atoms with van der Waals surface area (Å²) in [5, 5.41) is 5.93. The van der Waals surface area contributed by atoms with E-state index in [1.54, 1.807) is 45.1 Å². The van der Waals surface area contributed by atoms with E-state index in [2.05, 4.69) is 10.6 Å². The Morgan fingerprint density at radius 2 is 1.77 bits per heavy atom. The molecule has 0 saturated carbocycles. The maximum absolute atomic E-state index is 12.4. The number of nitrogens with zero attached hydrogens (tertiary/aromatic N) is 1. The van der Waals surface area contributed by atoms with Gasteiger partial charge in [-0.1, -0.05) is 23.7 Å². The second kappa shape index (κ2) is 11.0. The molecule has 2 rings (SSSR count). The lowest BCUT2D eigenvalue weighted by Gasteiger charge is -2.31. The number of likely N-dealkylation sites (tertiary alicyclic amines) is 1. The van der Waals surface area contributed by atoms with Gasteiger partial charge in [-0.15, -0.1) is 0 Å². The Morgan fingerprint density at radius 3 is 2.37 bits per heavy atom. The van der Waals surface area contributed by atoms with Gasteiger partial charge < -0.3 is 20.3 Å². The van der Waals surface area contributed by atoms with E-state index in [0.717, 1.165) is 18.4 Å². The lowest BCUT2D eigenvalue weighted by Crippen LogP contribution is -2.43. The zero-order chi connectivity index (χ0) is 22.1. The van der Waals surface area contributed by atoms with Crippen molar-refractivity contribution in [2.75, 3.05) is 26.2 Å². The molecule has 0 spiro atoms. The van der Waals surface area contributed by atoms with Gasteiger partial charge >= 0.3 is 6.09 Å². The highest BCUT2D eigenvalue weighted by molar-refractivity contribution is 6.30. The Morgan fingerprint density at radius 1 is 1.13 bits per heavy atom. The first-order valence-electron chi connectivity index (χ1n) is 10.1. The normalized spacial score (nSPS) is 15.1. The van der Waals surface area contributed by atoms with Crippen molar-refractivity contribution in [3.05, 3.63) is 40.9 Å². The van der Waals surface area contributed by atoms with Gasteiger partial charge in [-0.3, -0.25) is 9.59 Å². The van der Waals surface area contributed by atoms with Crippen molar-refractivity contribution in [1.29, 1.82) is 0 Å². The number of nitrogens with one attached hydrogen (secondary N) is 2. The molecule has 0 unspecified atom stereocenters. The van der Waals surface area contributed by atoms with Gasteiger partial charge in [-0.2, -0.15) is 0 Å². The fourth-order valence-corrected chi connectivity index (χ4v) is 3.12. The van der Waals surface area contributed by atoms with Crippen LogP contribution in [0.1, 0.15) is 39.2 Å². The smallest absolute Gasteiger partial charge is 0.408 e. The van der Waals surface area contributed by atoms with E-state index < -0.39 is 11.7 Å². The molecule has 2 N–H and O–H groups in total. The second-order valence-corrected chi connectivity index (χ2v) is 8.75. The van der Waals surface area contributed by atoms with Crippen LogP contribution in [0.2, 0.25) is 5.02 Å². The summed E-state index contributed by atoms with van der Waals surface area (Å²) in [5.74, 6) is 0.0269. The van der Waals surface area contributed by atoms with E-state index in [1.165, 1.54) is 0 Å². The summed E-state index contributed by atoms with van der Waals surface area (Å²) in [4.78, 5) is 37.6. The van der Waals surface area contributed by atoms with Crippen LogP contribution in [0, 0.1) is 5.92 Å². The summed E-state index contributed by atoms with van der Waals surface area (Å²) in [6.45, 7) is 6.99. The standard InChI is InChI=1S/C22H30ClN3O4/c1-22(2,3)30-21(29)25-15-19(27)24-14-17-10-12-26(13-11-17)20(28)9-6-16-4-7-18(23)8-5-16/h4-9,17H,10-15H2,1-3H3,(H,24,27)(H,25,29)/b9-6+. The number of ether oxygens (including phenoxy) is 1. The molecule has 1 aromatic rings. The van der Waals surface area contributed by atoms with Crippen LogP contribution in [-0.4, -0.2) is 54.6 Å². The molecule has 164 valence electrons. The minimum Gasteiger partial charge on any atom is -0.444 e. The molecule has 1 aromatic carbocycles. The van der Waals surface area contributed by atoms with Gasteiger partial charge in [0.1, 0.15) is 5.60 Å². The van der Waals surface area contributed by atoms with Crippen molar-refractivity contribution in [3.8, 4) is 0 Å². The topological polar surface area (TPSA) is 87.7 Å². The highest BCUT2D eigenvalue weighted by atomic mass is 35.5. The molecule has 8 heteroatoms. The van der Waals surface area contributed by atoms with Gasteiger partial charge in [-0.25, -0.2) is 4.79 Å². The van der Waals surface area contributed by atoms with Crippen LogP contribution < -0.4 is 10.6 Å². The summed E-state index contributed by atoms with van der Waals surface area (Å²) in [6, 6.07) is 7.29. The Labute approximate surface area is 182 Å². The Bertz CT molecular complexity index is 764. The fourth-order valence-electron chi connectivity index (χ4n) is 2.99. The van der Waals surface area contributed by atoms with Crippen molar-refractivity contribution in [3.63, 3.8) is 0 Å². The molecule has 0 bridgehead atoms. The summed E-state index contributed by atoms with van der Waals surface area (Å²) < 4.78 is 5.09. The number of carbonyl (C=O) groups excluding carboxylic acids is 3. The van der Waals surface area contributed by atoms with Gasteiger partial charge in [0, 0.05) is 30.7 Å². The molecular weight excluding hydrogens is 406 g/mol. The minimum atomic E-state index is -0.615. The third-order valence-electron chi connectivity index (χ3n) is 4.59. The highest BCUT2D eigenvalue weighted by Gasteiger charge is 2.22. The first-order valence-corrected chi connectivity index (χ1v) is 10.5. The third kappa shape index (κ3) is 8.86. The number of hydrogen-bond donors (Lipinski definition) is 2. The molecule has 7 nitrogen and oxygen atoms in total. The Balaban J connectivity index is 1.65. The van der Waals surface area contributed by atoms with Crippen molar-refractivity contribution in [1.82, 2.24) is 15.5 Å². The van der Waals surface area contributed by atoms with Crippen LogP contribution in [-0.2, 0) is 14.3 Å². The van der Waals surface area contributed by atoms with Crippen molar-refractivity contribution >= 4 is 35.6 Å². The summed E-state index contributed by atoms with van der Waals surface area (Å²) in [5.41, 5.74) is 0.320. The molecule has 30 heavy (non-hydrogen) atoms. The average Bonchev–Trinajstić information content (AvgIpc) is 2.69. The van der Waals surface area contributed by atoms with E-state index in [4.69, 9.17) is 16.3 Å². The predicted octanol–water partition coefficient (Wildman–Crippen LogP) is 3.23. The highest BCUT2D eigenvalue weighted by Crippen LogP contribution is 2.17. The molecule has 1 saturated heterocycles. The second-order valence-electron chi connectivity index (χ2n) is 8.31. The zero-order valence-corrected chi connectivity index (χ0v) is 18.5. The first-order chi connectivity index (χ1) is 14.1. The van der Waals surface area contributed by atoms with Crippen LogP contribution >= 0.6 is 11.6 Å². The maximum atomic E-state index is 12.4. The van der Waals surface area contributed by atoms with Gasteiger partial charge in [0.2, 0.25) is 11.8 Å². The van der Waals surface area contributed by atoms with E-state index in [9.17, 15) is 14.4 Å². The van der Waals surface area contributed by atoms with Crippen molar-refractivity contribution < 1.29 is 19.1 Å². The molecule has 1 aliphatic rings. The van der Waals surface area contributed by atoms with Gasteiger partial charge in [0.05, 0.1) is 6.54 Å². The number of hydrogen-bond acceptors (Lipinski definition) is 4. The van der Waals surface area contributed by atoms with Crippen molar-refractivity contribution in [2.45, 2.75) is 39.2 Å². The van der Waals surface area contributed by atoms with Crippen LogP contribution in [0.4, 0.5) is 4.79 Å². The quantitative estimate of drug-likeness (QED) is 0.671. The number of alkyl carbamates (subject to hydrolysis) is 1. The fraction of sp³-hybridized carbons (Fsp3) is 0.500. The maximum Gasteiger partial charge on any atom is 0.408 e. The van der Waals surface area contributed by atoms with Crippen LogP contribution in [0.3, 0.4) is 0 Å². The Hall–Kier alpha value is -2.54. The molecule has 3 amide bonds. The zero-order valence-electron chi connectivity index (χ0n) is 17.7. The number of benzene rings is 1. The van der Waals surface area contributed by atoms with E-state index >= 15 is 0 Å². The molecule has 1 heterocycles. The monoisotopic (exact) mass is 435 g/mol. The number of rotatable bonds is 6. The van der Waals surface area contributed by atoms with Crippen LogP contribution in [0.15, 0.2) is 30.3 Å². The number of amides is 3. The molecule has 1 fully saturated rings. The van der Waals surface area contributed by atoms with E-state index in [-0.39, 0.29) is 18.4 Å². The van der Waals surface area contributed by atoms with E-state index in [1.807, 2.05) is 17.0 Å². The van der Waals surface area contributed by atoms with Crippen molar-refractivity contribution in [2.24, 2.45) is 5.92 Å². The molecular formula is C22H30ClN3O4. The predicted molar refractivity (Wildman–Crippen MR) is 117 cm³/mol. The number of halogens is 1. The summed E-state index contributed by atoms with van der Waals surface area (Å²) in [6.07, 6.45) is 4.38. The third-order valence-corrected chi connectivity index (χ3v) is 4.85. The van der Waals surface area contributed by atoms with Gasteiger partial charge in [0.15, 0.2) is 0 Å². The summed E-state index contributed by atoms with van der Waals surface area (Å²) >= 11 is 5.86. The Kier molecular flexibility index (Phi) is 8.72. The molecule has 0 aromatic heterocycles. The average molecular weight is 436 g/mol. The van der Waals surface area contributed by atoms with Crippen LogP contribution in [0.5, 0.6) is 0 Å². The first kappa shape index (κ1) is 23.7. The van der Waals surface area contributed by atoms with Gasteiger partial charge in [0.25, 0.3) is 0 Å². The largest absolute Gasteiger partial charge is 0.444 e. The lowest BCUT2D eigenvalue weighted by atomic mass is 9.96. The number of piperidine rings is 1. The molecule has 0 atom stereocenters. The number of carbonyl (C=O) groups is 3. The molecule has 1 aliphatic heterocycles. The van der Waals surface area contributed by atoms with E-state index in [0.29, 0.717) is 30.6 Å². The minimum absolute atomic E-state index is 0.0194.